The van der Waals surface area contributed by atoms with Gasteiger partial charge in [-0.2, -0.15) is 0 Å². The van der Waals surface area contributed by atoms with Crippen LogP contribution in [-0.4, -0.2) is 0 Å². The zero-order valence-electron chi connectivity index (χ0n) is 9.03. The van der Waals surface area contributed by atoms with Gasteiger partial charge in [0.15, 0.2) is 0 Å². The molecule has 1 aromatic heterocycles. The van der Waals surface area contributed by atoms with E-state index in [4.69, 9.17) is 5.73 Å². The first kappa shape index (κ1) is 10.4. The first-order chi connectivity index (χ1) is 7.16. The zero-order chi connectivity index (χ0) is 10.8. The smallest absolute Gasteiger partial charge is 0.0361 e. The van der Waals surface area contributed by atoms with E-state index >= 15 is 0 Å². The average molecular weight is 217 g/mol. The normalized spacial score (nSPS) is 12.7. The summed E-state index contributed by atoms with van der Waals surface area (Å²) in [4.78, 5) is 2.54. The van der Waals surface area contributed by atoms with Crippen LogP contribution in [0.3, 0.4) is 0 Å². The summed E-state index contributed by atoms with van der Waals surface area (Å²) in [6.45, 7) is 4.12. The Hall–Kier alpha value is -1.12. The van der Waals surface area contributed by atoms with Crippen LogP contribution < -0.4 is 5.73 Å². The van der Waals surface area contributed by atoms with Crippen LogP contribution in [-0.2, 0) is 0 Å². The Bertz CT molecular complexity index is 440. The summed E-state index contributed by atoms with van der Waals surface area (Å²) in [5, 5.41) is 0. The van der Waals surface area contributed by atoms with Crippen LogP contribution >= 0.6 is 11.3 Å². The lowest BCUT2D eigenvalue weighted by molar-refractivity contribution is 0.838. The summed E-state index contributed by atoms with van der Waals surface area (Å²) >= 11 is 1.77. The van der Waals surface area contributed by atoms with Gasteiger partial charge in [-0.05, 0) is 31.5 Å². The lowest BCUT2D eigenvalue weighted by Crippen LogP contribution is -2.01. The first-order valence-corrected chi connectivity index (χ1v) is 5.91. The number of rotatable bonds is 2. The van der Waals surface area contributed by atoms with Crippen molar-refractivity contribution in [3.63, 3.8) is 0 Å². The minimum atomic E-state index is 0.134. The van der Waals surface area contributed by atoms with Gasteiger partial charge in [-0.25, -0.2) is 0 Å². The Morgan fingerprint density at radius 1 is 1.07 bits per heavy atom. The molecule has 1 nitrogen and oxygen atoms in total. The molecular weight excluding hydrogens is 202 g/mol. The highest BCUT2D eigenvalue weighted by atomic mass is 32.1. The van der Waals surface area contributed by atoms with Crippen molar-refractivity contribution in [3.05, 3.63) is 46.8 Å². The number of thiophene rings is 1. The lowest BCUT2D eigenvalue weighted by atomic mass is 10.1. The Morgan fingerprint density at radius 2 is 1.73 bits per heavy atom. The van der Waals surface area contributed by atoms with Gasteiger partial charge in [-0.3, -0.25) is 0 Å². The fraction of sp³-hybridized carbons (Fsp3) is 0.231. The van der Waals surface area contributed by atoms with Gasteiger partial charge in [0.05, 0.1) is 0 Å². The third kappa shape index (κ3) is 2.28. The Labute approximate surface area is 94.6 Å². The van der Waals surface area contributed by atoms with Gasteiger partial charge < -0.3 is 5.73 Å². The topological polar surface area (TPSA) is 26.0 Å². The van der Waals surface area contributed by atoms with Crippen molar-refractivity contribution in [1.29, 1.82) is 0 Å². The van der Waals surface area contributed by atoms with E-state index in [1.807, 2.05) is 6.92 Å². The van der Waals surface area contributed by atoms with E-state index in [0.717, 1.165) is 0 Å². The number of hydrogen-bond donors (Lipinski definition) is 1. The highest BCUT2D eigenvalue weighted by molar-refractivity contribution is 7.15. The molecule has 0 aliphatic heterocycles. The van der Waals surface area contributed by atoms with Crippen LogP contribution in [0.15, 0.2) is 36.4 Å². The highest BCUT2D eigenvalue weighted by Gasteiger charge is 2.05. The van der Waals surface area contributed by atoms with Gasteiger partial charge >= 0.3 is 0 Å². The maximum absolute atomic E-state index is 5.84. The molecule has 2 N–H and O–H groups in total. The van der Waals surface area contributed by atoms with E-state index in [9.17, 15) is 0 Å². The molecule has 2 rings (SSSR count). The molecule has 0 saturated carbocycles. The molecule has 0 bridgehead atoms. The lowest BCUT2D eigenvalue weighted by Gasteiger charge is -2.00. The van der Waals surface area contributed by atoms with Crippen molar-refractivity contribution in [3.8, 4) is 10.4 Å². The number of aryl methyl sites for hydroxylation is 1. The molecule has 1 unspecified atom stereocenters. The second kappa shape index (κ2) is 4.17. The van der Waals surface area contributed by atoms with Crippen molar-refractivity contribution in [2.24, 2.45) is 5.73 Å². The third-order valence-corrected chi connectivity index (χ3v) is 3.75. The molecule has 0 amide bonds. The molecule has 0 aliphatic rings. The van der Waals surface area contributed by atoms with Crippen molar-refractivity contribution in [2.75, 3.05) is 0 Å². The second-order valence-electron chi connectivity index (χ2n) is 3.86. The maximum atomic E-state index is 5.84. The zero-order valence-corrected chi connectivity index (χ0v) is 9.84. The summed E-state index contributed by atoms with van der Waals surface area (Å²) < 4.78 is 0. The molecular formula is C13H15NS. The van der Waals surface area contributed by atoms with Gasteiger partial charge in [-0.1, -0.05) is 29.8 Å². The van der Waals surface area contributed by atoms with Crippen molar-refractivity contribution < 1.29 is 0 Å². The summed E-state index contributed by atoms with van der Waals surface area (Å²) in [6, 6.07) is 13.0. The highest BCUT2D eigenvalue weighted by Crippen LogP contribution is 2.30. The van der Waals surface area contributed by atoms with Gasteiger partial charge in [0.1, 0.15) is 0 Å². The van der Waals surface area contributed by atoms with Crippen LogP contribution in [0, 0.1) is 6.92 Å². The SMILES string of the molecule is Cc1ccc(-c2ccc(C(C)N)s2)cc1. The Morgan fingerprint density at radius 3 is 2.27 bits per heavy atom. The molecule has 0 radical (unpaired) electrons. The monoisotopic (exact) mass is 217 g/mol. The van der Waals surface area contributed by atoms with E-state index in [1.165, 1.54) is 20.9 Å². The van der Waals surface area contributed by atoms with Crippen LogP contribution in [0.1, 0.15) is 23.4 Å². The van der Waals surface area contributed by atoms with E-state index in [2.05, 4.69) is 43.3 Å². The van der Waals surface area contributed by atoms with Crippen LogP contribution in [0.4, 0.5) is 0 Å². The van der Waals surface area contributed by atoms with Gasteiger partial charge in [0.25, 0.3) is 0 Å². The number of nitrogens with two attached hydrogens (primary N) is 1. The maximum Gasteiger partial charge on any atom is 0.0361 e. The van der Waals surface area contributed by atoms with Crippen LogP contribution in [0.5, 0.6) is 0 Å². The van der Waals surface area contributed by atoms with Gasteiger partial charge in [-0.15, -0.1) is 11.3 Å². The van der Waals surface area contributed by atoms with Crippen LogP contribution in [0.25, 0.3) is 10.4 Å². The van der Waals surface area contributed by atoms with Crippen molar-refractivity contribution in [1.82, 2.24) is 0 Å². The second-order valence-corrected chi connectivity index (χ2v) is 4.97. The molecule has 0 aliphatic carbocycles. The van der Waals surface area contributed by atoms with Gasteiger partial charge in [0, 0.05) is 15.8 Å². The summed E-state index contributed by atoms with van der Waals surface area (Å²) in [5.41, 5.74) is 8.41. The largest absolute Gasteiger partial charge is 0.324 e. The number of benzene rings is 1. The molecule has 0 spiro atoms. The summed E-state index contributed by atoms with van der Waals surface area (Å²) in [5.74, 6) is 0. The van der Waals surface area contributed by atoms with Crippen molar-refractivity contribution in [2.45, 2.75) is 19.9 Å². The summed E-state index contributed by atoms with van der Waals surface area (Å²) in [6.07, 6.45) is 0. The fourth-order valence-corrected chi connectivity index (χ4v) is 2.44. The first-order valence-electron chi connectivity index (χ1n) is 5.09. The van der Waals surface area contributed by atoms with Crippen LogP contribution in [0.2, 0.25) is 0 Å². The average Bonchev–Trinajstić information content (AvgIpc) is 2.68. The molecule has 2 heteroatoms. The molecule has 78 valence electrons. The molecule has 1 atom stereocenters. The molecule has 15 heavy (non-hydrogen) atoms. The Kier molecular flexibility index (Phi) is 2.89. The minimum Gasteiger partial charge on any atom is -0.324 e. The van der Waals surface area contributed by atoms with E-state index in [0.29, 0.717) is 0 Å². The van der Waals surface area contributed by atoms with E-state index < -0.39 is 0 Å². The summed E-state index contributed by atoms with van der Waals surface area (Å²) in [7, 11) is 0. The predicted octanol–water partition coefficient (Wildman–Crippen LogP) is 3.74. The fourth-order valence-electron chi connectivity index (χ4n) is 1.47. The molecule has 2 aromatic rings. The predicted molar refractivity (Wildman–Crippen MR) is 67.1 cm³/mol. The quantitative estimate of drug-likeness (QED) is 0.814. The van der Waals surface area contributed by atoms with Gasteiger partial charge in [0.2, 0.25) is 0 Å². The van der Waals surface area contributed by atoms with E-state index in [1.54, 1.807) is 11.3 Å². The van der Waals surface area contributed by atoms with Crippen molar-refractivity contribution >= 4 is 11.3 Å². The minimum absolute atomic E-state index is 0.134. The molecule has 0 saturated heterocycles. The molecule has 1 heterocycles. The molecule has 1 aromatic carbocycles. The standard InChI is InChI=1S/C13H15NS/c1-9-3-5-11(6-4-9)13-8-7-12(15-13)10(2)14/h3-8,10H,14H2,1-2H3. The van der Waals surface area contributed by atoms with E-state index in [-0.39, 0.29) is 6.04 Å². The Balaban J connectivity index is 2.33. The number of hydrogen-bond acceptors (Lipinski definition) is 2. The molecule has 0 fully saturated rings. The third-order valence-electron chi connectivity index (χ3n) is 2.41.